The van der Waals surface area contributed by atoms with Gasteiger partial charge in [-0.05, 0) is 45.4 Å². The normalized spacial score (nSPS) is 18.9. The highest BCUT2D eigenvalue weighted by Gasteiger charge is 2.32. The lowest BCUT2D eigenvalue weighted by atomic mass is 10.1. The number of sulfone groups is 1. The van der Waals surface area contributed by atoms with Crippen molar-refractivity contribution in [3.63, 3.8) is 0 Å². The Labute approximate surface area is 170 Å². The van der Waals surface area contributed by atoms with Gasteiger partial charge < -0.3 is 14.0 Å². The van der Waals surface area contributed by atoms with Crippen LogP contribution in [0, 0.1) is 13.8 Å². The molecule has 8 heteroatoms. The standard InChI is InChI=1S/C21H25NO6S/c1-14-11-19(15(2)22(14)17-9-10-29(25,26)13-17)20(23)12-27-21(24)16(3)28-18-7-5-4-6-8-18/h4-8,11,16-17H,9-10,12-13H2,1-3H3/t16-,17-/m1/s1. The van der Waals surface area contributed by atoms with Crippen molar-refractivity contribution in [2.75, 3.05) is 18.1 Å². The number of ketones is 1. The first kappa shape index (κ1) is 21.1. The number of aryl methyl sites for hydroxylation is 1. The van der Waals surface area contributed by atoms with E-state index in [1.807, 2.05) is 17.6 Å². The largest absolute Gasteiger partial charge is 0.479 e. The number of benzene rings is 1. The van der Waals surface area contributed by atoms with Gasteiger partial charge in [-0.2, -0.15) is 0 Å². The number of hydrogen-bond acceptors (Lipinski definition) is 6. The number of para-hydroxylation sites is 1. The van der Waals surface area contributed by atoms with E-state index in [0.717, 1.165) is 5.69 Å². The van der Waals surface area contributed by atoms with E-state index in [2.05, 4.69) is 0 Å². The molecule has 1 aromatic carbocycles. The summed E-state index contributed by atoms with van der Waals surface area (Å²) >= 11 is 0. The topological polar surface area (TPSA) is 91.7 Å². The van der Waals surface area contributed by atoms with E-state index in [1.54, 1.807) is 44.2 Å². The van der Waals surface area contributed by atoms with Crippen LogP contribution < -0.4 is 4.74 Å². The minimum atomic E-state index is -3.03. The van der Waals surface area contributed by atoms with E-state index in [9.17, 15) is 18.0 Å². The maximum atomic E-state index is 12.6. The molecule has 0 N–H and O–H groups in total. The van der Waals surface area contributed by atoms with Gasteiger partial charge in [-0.3, -0.25) is 4.79 Å². The summed E-state index contributed by atoms with van der Waals surface area (Å²) in [6.07, 6.45) is -0.309. The van der Waals surface area contributed by atoms with Crippen molar-refractivity contribution in [3.8, 4) is 5.75 Å². The number of rotatable bonds is 7. The Morgan fingerprint density at radius 1 is 1.21 bits per heavy atom. The number of esters is 1. The van der Waals surface area contributed by atoms with Gasteiger partial charge in [-0.15, -0.1) is 0 Å². The summed E-state index contributed by atoms with van der Waals surface area (Å²) in [4.78, 5) is 24.8. The summed E-state index contributed by atoms with van der Waals surface area (Å²) in [6, 6.07) is 10.4. The van der Waals surface area contributed by atoms with Gasteiger partial charge in [0.15, 0.2) is 22.5 Å². The van der Waals surface area contributed by atoms with Crippen LogP contribution in [0.25, 0.3) is 0 Å². The van der Waals surface area contributed by atoms with Crippen molar-refractivity contribution >= 4 is 21.6 Å². The Kier molecular flexibility index (Phi) is 6.12. The lowest BCUT2D eigenvalue weighted by Crippen LogP contribution is -2.28. The summed E-state index contributed by atoms with van der Waals surface area (Å²) in [5, 5.41) is 0. The molecule has 29 heavy (non-hydrogen) atoms. The summed E-state index contributed by atoms with van der Waals surface area (Å²) in [5.41, 5.74) is 1.95. The Balaban J connectivity index is 1.62. The molecule has 1 saturated heterocycles. The van der Waals surface area contributed by atoms with Gasteiger partial charge >= 0.3 is 5.97 Å². The molecule has 1 aliphatic rings. The predicted molar refractivity (Wildman–Crippen MR) is 108 cm³/mol. The third-order valence-electron chi connectivity index (χ3n) is 5.09. The second kappa shape index (κ2) is 8.41. The first-order valence-electron chi connectivity index (χ1n) is 9.48. The van der Waals surface area contributed by atoms with Crippen LogP contribution in [0.15, 0.2) is 36.4 Å². The van der Waals surface area contributed by atoms with Gasteiger partial charge in [0, 0.05) is 23.0 Å². The second-order valence-electron chi connectivity index (χ2n) is 7.32. The molecule has 1 fully saturated rings. The average molecular weight is 419 g/mol. The molecule has 0 radical (unpaired) electrons. The maximum Gasteiger partial charge on any atom is 0.347 e. The molecule has 1 aliphatic heterocycles. The molecular formula is C21H25NO6S. The zero-order valence-corrected chi connectivity index (χ0v) is 17.6. The van der Waals surface area contributed by atoms with Crippen molar-refractivity contribution in [2.45, 2.75) is 39.3 Å². The summed E-state index contributed by atoms with van der Waals surface area (Å²) in [7, 11) is -3.03. The number of hydrogen-bond donors (Lipinski definition) is 0. The van der Waals surface area contributed by atoms with Gasteiger partial charge in [0.25, 0.3) is 0 Å². The van der Waals surface area contributed by atoms with E-state index in [-0.39, 0.29) is 23.3 Å². The third-order valence-corrected chi connectivity index (χ3v) is 6.84. The first-order chi connectivity index (χ1) is 13.7. The van der Waals surface area contributed by atoms with E-state index in [0.29, 0.717) is 23.4 Å². The Hall–Kier alpha value is -2.61. The van der Waals surface area contributed by atoms with Gasteiger partial charge in [0.05, 0.1) is 11.5 Å². The highest BCUT2D eigenvalue weighted by Crippen LogP contribution is 2.29. The SMILES string of the molecule is Cc1cc(C(=O)COC(=O)[C@@H](C)Oc2ccccc2)c(C)n1[C@@H]1CCS(=O)(=O)C1. The monoisotopic (exact) mass is 419 g/mol. The molecule has 0 amide bonds. The smallest absolute Gasteiger partial charge is 0.347 e. The number of nitrogens with zero attached hydrogens (tertiary/aromatic N) is 1. The zero-order valence-electron chi connectivity index (χ0n) is 16.8. The van der Waals surface area contributed by atoms with Crippen molar-refractivity contribution in [1.29, 1.82) is 0 Å². The number of Topliss-reactive ketones (excluding diaryl/α,β-unsaturated/α-hetero) is 1. The van der Waals surface area contributed by atoms with Crippen molar-refractivity contribution in [3.05, 3.63) is 53.3 Å². The van der Waals surface area contributed by atoms with Gasteiger partial charge in [-0.1, -0.05) is 18.2 Å². The molecule has 0 bridgehead atoms. The summed E-state index contributed by atoms with van der Waals surface area (Å²) in [5.74, 6) is -0.170. The highest BCUT2D eigenvalue weighted by atomic mass is 32.2. The van der Waals surface area contributed by atoms with E-state index < -0.39 is 28.5 Å². The predicted octanol–water partition coefficient (Wildman–Crippen LogP) is 2.66. The van der Waals surface area contributed by atoms with Gasteiger partial charge in [0.2, 0.25) is 5.78 Å². The van der Waals surface area contributed by atoms with Crippen LogP contribution in [0.2, 0.25) is 0 Å². The Morgan fingerprint density at radius 2 is 1.90 bits per heavy atom. The van der Waals surface area contributed by atoms with Crippen LogP contribution in [0.3, 0.4) is 0 Å². The van der Waals surface area contributed by atoms with Crippen molar-refractivity contribution in [2.24, 2.45) is 0 Å². The van der Waals surface area contributed by atoms with Crippen molar-refractivity contribution in [1.82, 2.24) is 4.57 Å². The van der Waals surface area contributed by atoms with E-state index in [1.165, 1.54) is 0 Å². The Bertz CT molecular complexity index is 1010. The molecule has 2 atom stereocenters. The molecule has 3 rings (SSSR count). The lowest BCUT2D eigenvalue weighted by Gasteiger charge is -2.16. The molecule has 1 aromatic heterocycles. The fourth-order valence-electron chi connectivity index (χ4n) is 3.68. The first-order valence-corrected chi connectivity index (χ1v) is 11.3. The number of carbonyl (C=O) groups is 2. The molecule has 0 spiro atoms. The highest BCUT2D eigenvalue weighted by molar-refractivity contribution is 7.91. The fraction of sp³-hybridized carbons (Fsp3) is 0.429. The molecule has 0 unspecified atom stereocenters. The summed E-state index contributed by atoms with van der Waals surface area (Å²) < 4.78 is 36.1. The van der Waals surface area contributed by atoms with Crippen molar-refractivity contribution < 1.29 is 27.5 Å². The second-order valence-corrected chi connectivity index (χ2v) is 9.54. The molecular weight excluding hydrogens is 394 g/mol. The minimum absolute atomic E-state index is 0.0836. The average Bonchev–Trinajstić information content (AvgIpc) is 3.18. The third kappa shape index (κ3) is 4.87. The van der Waals surface area contributed by atoms with Crippen LogP contribution in [0.1, 0.15) is 41.1 Å². The molecule has 156 valence electrons. The maximum absolute atomic E-state index is 12.6. The molecule has 2 heterocycles. The van der Waals surface area contributed by atoms with Crippen LogP contribution in [0.4, 0.5) is 0 Å². The van der Waals surface area contributed by atoms with E-state index in [4.69, 9.17) is 9.47 Å². The number of carbonyl (C=O) groups excluding carboxylic acids is 2. The van der Waals surface area contributed by atoms with Crippen LogP contribution in [-0.2, 0) is 19.4 Å². The van der Waals surface area contributed by atoms with Crippen LogP contribution in [-0.4, -0.2) is 49.0 Å². The molecule has 2 aromatic rings. The number of ether oxygens (including phenoxy) is 2. The molecule has 0 aliphatic carbocycles. The van der Waals surface area contributed by atoms with Crippen LogP contribution >= 0.6 is 0 Å². The van der Waals surface area contributed by atoms with E-state index >= 15 is 0 Å². The quantitative estimate of drug-likeness (QED) is 0.506. The lowest BCUT2D eigenvalue weighted by molar-refractivity contribution is -0.149. The fourth-order valence-corrected chi connectivity index (χ4v) is 5.38. The van der Waals surface area contributed by atoms with Gasteiger partial charge in [-0.25, -0.2) is 13.2 Å². The molecule has 7 nitrogen and oxygen atoms in total. The molecule has 0 saturated carbocycles. The number of aromatic nitrogens is 1. The minimum Gasteiger partial charge on any atom is -0.479 e. The zero-order chi connectivity index (χ0) is 21.2. The van der Waals surface area contributed by atoms with Gasteiger partial charge in [0.1, 0.15) is 5.75 Å². The van der Waals surface area contributed by atoms with Crippen LogP contribution in [0.5, 0.6) is 5.75 Å². The summed E-state index contributed by atoms with van der Waals surface area (Å²) in [6.45, 7) is 4.80. The Morgan fingerprint density at radius 3 is 2.52 bits per heavy atom.